The molecule has 0 spiro atoms. The van der Waals surface area contributed by atoms with Gasteiger partial charge in [-0.1, -0.05) is 0 Å². The number of nitrogens with one attached hydrogen (secondary N) is 1. The van der Waals surface area contributed by atoms with Gasteiger partial charge in [0.05, 0.1) is 12.0 Å². The number of carboxylic acids is 1. The molecule has 2 rings (SSSR count). The van der Waals surface area contributed by atoms with E-state index in [1.165, 1.54) is 6.33 Å². The van der Waals surface area contributed by atoms with Gasteiger partial charge in [0.15, 0.2) is 5.69 Å². The van der Waals surface area contributed by atoms with Crippen molar-refractivity contribution in [3.63, 3.8) is 0 Å². The summed E-state index contributed by atoms with van der Waals surface area (Å²) in [6.07, 6.45) is 3.22. The number of H-pyrrole nitrogens is 1. The third-order valence-electron chi connectivity index (χ3n) is 2.04. The van der Waals surface area contributed by atoms with Crippen molar-refractivity contribution >= 4 is 5.97 Å². The van der Waals surface area contributed by atoms with Crippen LogP contribution in [0, 0.1) is 0 Å². The van der Waals surface area contributed by atoms with E-state index in [2.05, 4.69) is 9.97 Å². The number of aromatic amines is 1. The van der Waals surface area contributed by atoms with Gasteiger partial charge in [-0.05, 0) is 12.1 Å². The summed E-state index contributed by atoms with van der Waals surface area (Å²) in [5.74, 6) is -1.00. The fourth-order valence-electron chi connectivity index (χ4n) is 1.36. The summed E-state index contributed by atoms with van der Waals surface area (Å²) in [5, 5.41) is 8.86. The molecule has 0 saturated carbocycles. The number of carbonyl (C=O) groups is 1. The molecule has 14 heavy (non-hydrogen) atoms. The smallest absolute Gasteiger partial charge is 0.354 e. The minimum absolute atomic E-state index is 0.117. The second kappa shape index (κ2) is 3.02. The van der Waals surface area contributed by atoms with E-state index in [1.807, 2.05) is 29.9 Å². The number of aryl methyl sites for hydroxylation is 1. The van der Waals surface area contributed by atoms with Crippen molar-refractivity contribution in [1.29, 1.82) is 0 Å². The molecule has 0 aliphatic heterocycles. The third kappa shape index (κ3) is 1.19. The number of aromatic nitrogens is 3. The van der Waals surface area contributed by atoms with Crippen molar-refractivity contribution < 1.29 is 9.90 Å². The highest BCUT2D eigenvalue weighted by Gasteiger charge is 2.15. The van der Waals surface area contributed by atoms with Crippen LogP contribution in [0.15, 0.2) is 24.7 Å². The first-order valence-electron chi connectivity index (χ1n) is 4.08. The molecule has 0 amide bonds. The van der Waals surface area contributed by atoms with Crippen LogP contribution in [0.5, 0.6) is 0 Å². The van der Waals surface area contributed by atoms with Crippen LogP contribution in [0.1, 0.15) is 10.5 Å². The third-order valence-corrected chi connectivity index (χ3v) is 2.04. The summed E-state index contributed by atoms with van der Waals surface area (Å²) in [4.78, 5) is 17.4. The van der Waals surface area contributed by atoms with Gasteiger partial charge in [0.2, 0.25) is 0 Å². The highest BCUT2D eigenvalue weighted by atomic mass is 16.4. The monoisotopic (exact) mass is 191 g/mol. The Balaban J connectivity index is 2.57. The summed E-state index contributed by atoms with van der Waals surface area (Å²) in [5.41, 5.74) is 1.36. The van der Waals surface area contributed by atoms with Crippen molar-refractivity contribution in [2.45, 2.75) is 0 Å². The first-order valence-corrected chi connectivity index (χ1v) is 4.08. The quantitative estimate of drug-likeness (QED) is 0.747. The zero-order chi connectivity index (χ0) is 10.1. The Bertz CT molecular complexity index is 470. The lowest BCUT2D eigenvalue weighted by atomic mass is 10.2. The Kier molecular flexibility index (Phi) is 1.85. The zero-order valence-electron chi connectivity index (χ0n) is 7.56. The lowest BCUT2D eigenvalue weighted by molar-refractivity contribution is 0.0692. The fraction of sp³-hybridized carbons (Fsp3) is 0.111. The van der Waals surface area contributed by atoms with E-state index in [9.17, 15) is 4.79 Å². The molecule has 72 valence electrons. The Labute approximate surface area is 80.0 Å². The molecule has 0 saturated heterocycles. The van der Waals surface area contributed by atoms with Gasteiger partial charge in [-0.2, -0.15) is 0 Å². The van der Waals surface area contributed by atoms with Crippen LogP contribution < -0.4 is 0 Å². The summed E-state index contributed by atoms with van der Waals surface area (Å²) in [6.45, 7) is 0. The van der Waals surface area contributed by atoms with Gasteiger partial charge in [0, 0.05) is 13.2 Å². The van der Waals surface area contributed by atoms with Crippen LogP contribution >= 0.6 is 0 Å². The molecule has 0 aliphatic rings. The van der Waals surface area contributed by atoms with Crippen LogP contribution in [0.4, 0.5) is 0 Å². The van der Waals surface area contributed by atoms with E-state index >= 15 is 0 Å². The van der Waals surface area contributed by atoms with Crippen molar-refractivity contribution in [2.75, 3.05) is 0 Å². The van der Waals surface area contributed by atoms with Crippen LogP contribution in [0.3, 0.4) is 0 Å². The summed E-state index contributed by atoms with van der Waals surface area (Å²) in [7, 11) is 1.84. The molecule has 0 aromatic carbocycles. The Morgan fingerprint density at radius 1 is 1.64 bits per heavy atom. The molecule has 5 heteroatoms. The van der Waals surface area contributed by atoms with Gasteiger partial charge in [-0.15, -0.1) is 0 Å². The van der Waals surface area contributed by atoms with Crippen molar-refractivity contribution in [3.8, 4) is 11.4 Å². The van der Waals surface area contributed by atoms with Crippen molar-refractivity contribution in [2.24, 2.45) is 7.05 Å². The van der Waals surface area contributed by atoms with Gasteiger partial charge in [0.25, 0.3) is 0 Å². The average Bonchev–Trinajstić information content (AvgIpc) is 2.70. The predicted octanol–water partition coefficient (Wildman–Crippen LogP) is 1.11. The van der Waals surface area contributed by atoms with Crippen LogP contribution in [0.2, 0.25) is 0 Å². The first-order chi connectivity index (χ1) is 6.70. The second-order valence-corrected chi connectivity index (χ2v) is 2.94. The number of nitrogens with zero attached hydrogens (tertiary/aromatic N) is 2. The highest BCUT2D eigenvalue weighted by molar-refractivity contribution is 5.92. The van der Waals surface area contributed by atoms with E-state index in [1.54, 1.807) is 0 Å². The van der Waals surface area contributed by atoms with Crippen LogP contribution in [-0.4, -0.2) is 25.6 Å². The van der Waals surface area contributed by atoms with E-state index in [0.29, 0.717) is 5.69 Å². The second-order valence-electron chi connectivity index (χ2n) is 2.94. The van der Waals surface area contributed by atoms with Crippen LogP contribution in [-0.2, 0) is 7.05 Å². The Morgan fingerprint density at radius 2 is 2.43 bits per heavy atom. The fourth-order valence-corrected chi connectivity index (χ4v) is 1.36. The Hall–Kier alpha value is -2.04. The summed E-state index contributed by atoms with van der Waals surface area (Å²) >= 11 is 0. The zero-order valence-corrected chi connectivity index (χ0v) is 7.56. The molecule has 2 heterocycles. The SMILES string of the molecule is Cn1cccc1-c1nc[nH]c1C(=O)O. The Morgan fingerprint density at radius 3 is 3.00 bits per heavy atom. The normalized spacial score (nSPS) is 10.4. The summed E-state index contributed by atoms with van der Waals surface area (Å²) < 4.78 is 1.82. The number of imidazole rings is 1. The maximum absolute atomic E-state index is 10.8. The van der Waals surface area contributed by atoms with Gasteiger partial charge in [-0.3, -0.25) is 0 Å². The number of hydrogen-bond acceptors (Lipinski definition) is 2. The maximum Gasteiger partial charge on any atom is 0.354 e. The van der Waals surface area contributed by atoms with Gasteiger partial charge in [-0.25, -0.2) is 9.78 Å². The summed E-state index contributed by atoms with van der Waals surface area (Å²) in [6, 6.07) is 3.66. The molecule has 5 nitrogen and oxygen atoms in total. The van der Waals surface area contributed by atoms with Gasteiger partial charge >= 0.3 is 5.97 Å². The standard InChI is InChI=1S/C9H9N3O2/c1-12-4-2-3-6(12)7-8(9(13)14)11-5-10-7/h2-5H,1H3,(H,10,11)(H,13,14). The minimum Gasteiger partial charge on any atom is -0.477 e. The molecule has 2 N–H and O–H groups in total. The van der Waals surface area contributed by atoms with Crippen LogP contribution in [0.25, 0.3) is 11.4 Å². The van der Waals surface area contributed by atoms with E-state index in [-0.39, 0.29) is 5.69 Å². The molecule has 0 atom stereocenters. The molecular formula is C9H9N3O2. The van der Waals surface area contributed by atoms with E-state index in [0.717, 1.165) is 5.69 Å². The first kappa shape index (κ1) is 8.55. The number of rotatable bonds is 2. The minimum atomic E-state index is -1.00. The molecular weight excluding hydrogens is 182 g/mol. The van der Waals surface area contributed by atoms with Crippen molar-refractivity contribution in [1.82, 2.24) is 14.5 Å². The topological polar surface area (TPSA) is 70.9 Å². The maximum atomic E-state index is 10.8. The highest BCUT2D eigenvalue weighted by Crippen LogP contribution is 2.19. The molecule has 0 fully saturated rings. The van der Waals surface area contributed by atoms with Gasteiger partial charge in [0.1, 0.15) is 5.69 Å². The van der Waals surface area contributed by atoms with E-state index < -0.39 is 5.97 Å². The number of carboxylic acid groups (broad SMARTS) is 1. The number of hydrogen-bond donors (Lipinski definition) is 2. The molecule has 0 unspecified atom stereocenters. The molecule has 0 aliphatic carbocycles. The molecule has 2 aromatic heterocycles. The number of aromatic carboxylic acids is 1. The predicted molar refractivity (Wildman–Crippen MR) is 50.0 cm³/mol. The lowest BCUT2D eigenvalue weighted by Crippen LogP contribution is -2.01. The van der Waals surface area contributed by atoms with E-state index in [4.69, 9.17) is 5.11 Å². The molecule has 2 aromatic rings. The van der Waals surface area contributed by atoms with Gasteiger partial charge < -0.3 is 14.7 Å². The largest absolute Gasteiger partial charge is 0.477 e. The molecule has 0 bridgehead atoms. The van der Waals surface area contributed by atoms with Crippen molar-refractivity contribution in [3.05, 3.63) is 30.4 Å². The lowest BCUT2D eigenvalue weighted by Gasteiger charge is -2.00. The molecule has 0 radical (unpaired) electrons. The average molecular weight is 191 g/mol.